The van der Waals surface area contributed by atoms with E-state index < -0.39 is 10.0 Å². The van der Waals surface area contributed by atoms with Crippen LogP contribution in [0.3, 0.4) is 0 Å². The summed E-state index contributed by atoms with van der Waals surface area (Å²) in [5.74, 6) is 0.709. The highest BCUT2D eigenvalue weighted by atomic mass is 32.2. The largest absolute Gasteiger partial charge is 0.493 e. The molecule has 1 amide bonds. The molecule has 4 rings (SSSR count). The van der Waals surface area contributed by atoms with Gasteiger partial charge in [-0.1, -0.05) is 29.5 Å². The van der Waals surface area contributed by atoms with Crippen molar-refractivity contribution in [2.45, 2.75) is 17.9 Å². The van der Waals surface area contributed by atoms with Crippen LogP contribution >= 0.6 is 11.3 Å². The van der Waals surface area contributed by atoms with Crippen molar-refractivity contribution in [1.29, 1.82) is 0 Å². The topological polar surface area (TPSA) is 97.8 Å². The highest BCUT2D eigenvalue weighted by molar-refractivity contribution is 7.93. The quantitative estimate of drug-likeness (QED) is 0.608. The van der Waals surface area contributed by atoms with E-state index >= 15 is 0 Å². The molecular formula is C21H21N3O5S2. The van der Waals surface area contributed by atoms with E-state index in [2.05, 4.69) is 9.71 Å². The third-order valence-electron chi connectivity index (χ3n) is 4.93. The van der Waals surface area contributed by atoms with Crippen LogP contribution in [0, 0.1) is 0 Å². The van der Waals surface area contributed by atoms with Gasteiger partial charge in [-0.2, -0.15) is 0 Å². The van der Waals surface area contributed by atoms with Crippen LogP contribution in [0.1, 0.15) is 20.9 Å². The van der Waals surface area contributed by atoms with Gasteiger partial charge in [0.15, 0.2) is 16.6 Å². The van der Waals surface area contributed by atoms with Gasteiger partial charge in [0.2, 0.25) is 0 Å². The molecule has 8 nitrogen and oxygen atoms in total. The van der Waals surface area contributed by atoms with Crippen molar-refractivity contribution in [1.82, 2.24) is 9.88 Å². The molecule has 31 heavy (non-hydrogen) atoms. The van der Waals surface area contributed by atoms with Gasteiger partial charge in [0.1, 0.15) is 0 Å². The average molecular weight is 460 g/mol. The van der Waals surface area contributed by atoms with E-state index in [0.29, 0.717) is 36.6 Å². The lowest BCUT2D eigenvalue weighted by atomic mass is 10.1. The highest BCUT2D eigenvalue weighted by Crippen LogP contribution is 2.33. The van der Waals surface area contributed by atoms with Crippen molar-refractivity contribution in [3.8, 4) is 11.5 Å². The Morgan fingerprint density at radius 1 is 1.10 bits per heavy atom. The smallest absolute Gasteiger partial charge is 0.263 e. The zero-order valence-corrected chi connectivity index (χ0v) is 18.6. The second kappa shape index (κ2) is 8.56. The third kappa shape index (κ3) is 4.35. The Balaban J connectivity index is 1.52. The van der Waals surface area contributed by atoms with Crippen LogP contribution in [-0.2, 0) is 23.0 Å². The van der Waals surface area contributed by atoms with Crippen LogP contribution in [0.25, 0.3) is 0 Å². The van der Waals surface area contributed by atoms with Crippen molar-refractivity contribution >= 4 is 32.4 Å². The van der Waals surface area contributed by atoms with E-state index in [0.717, 1.165) is 10.6 Å². The number of benzene rings is 2. The number of anilines is 1. The maximum atomic E-state index is 12.8. The second-order valence-electron chi connectivity index (χ2n) is 6.85. The summed E-state index contributed by atoms with van der Waals surface area (Å²) in [7, 11) is -0.936. The Kier molecular flexibility index (Phi) is 5.84. The fourth-order valence-electron chi connectivity index (χ4n) is 3.33. The van der Waals surface area contributed by atoms with Crippen molar-refractivity contribution in [3.05, 3.63) is 64.7 Å². The highest BCUT2D eigenvalue weighted by Gasteiger charge is 2.26. The molecule has 1 aliphatic heterocycles. The number of amides is 1. The van der Waals surface area contributed by atoms with E-state index in [-0.39, 0.29) is 15.9 Å². The summed E-state index contributed by atoms with van der Waals surface area (Å²) in [6.45, 7) is 0.936. The molecule has 0 bridgehead atoms. The normalized spacial score (nSPS) is 13.4. The lowest BCUT2D eigenvalue weighted by Gasteiger charge is -2.26. The first-order valence-electron chi connectivity index (χ1n) is 9.49. The van der Waals surface area contributed by atoms with Crippen molar-refractivity contribution < 1.29 is 22.7 Å². The number of sulfonamides is 1. The van der Waals surface area contributed by atoms with E-state index in [1.54, 1.807) is 17.0 Å². The third-order valence-corrected chi connectivity index (χ3v) is 7.39. The van der Waals surface area contributed by atoms with Crippen LogP contribution in [0.4, 0.5) is 5.13 Å². The first-order chi connectivity index (χ1) is 14.9. The Bertz CT molecular complexity index is 1210. The Labute approximate surface area is 184 Å². The number of methoxy groups -OCH3 is 2. The van der Waals surface area contributed by atoms with E-state index in [1.165, 1.54) is 43.8 Å². The van der Waals surface area contributed by atoms with Gasteiger partial charge < -0.3 is 14.4 Å². The minimum absolute atomic E-state index is 0.0409. The Morgan fingerprint density at radius 2 is 1.84 bits per heavy atom. The van der Waals surface area contributed by atoms with Crippen molar-refractivity contribution in [3.63, 3.8) is 0 Å². The molecule has 0 spiro atoms. The summed E-state index contributed by atoms with van der Waals surface area (Å²) in [6.07, 6.45) is 0.572. The predicted molar refractivity (Wildman–Crippen MR) is 117 cm³/mol. The predicted octanol–water partition coefficient (Wildman–Crippen LogP) is 3.16. The zero-order chi connectivity index (χ0) is 22.0. The number of carbonyl (C=O) groups is 1. The number of hydrogen-bond donors (Lipinski definition) is 1. The molecule has 0 atom stereocenters. The average Bonchev–Trinajstić information content (AvgIpc) is 3.19. The molecule has 0 radical (unpaired) electrons. The van der Waals surface area contributed by atoms with Gasteiger partial charge in [-0.3, -0.25) is 9.52 Å². The molecule has 1 aromatic heterocycles. The minimum atomic E-state index is -3.86. The number of thiazole rings is 1. The van der Waals surface area contributed by atoms with Gasteiger partial charge in [0, 0.05) is 29.5 Å². The van der Waals surface area contributed by atoms with Gasteiger partial charge in [0.25, 0.3) is 15.9 Å². The summed E-state index contributed by atoms with van der Waals surface area (Å²) in [5, 5.41) is 0.272. The van der Waals surface area contributed by atoms with Crippen LogP contribution in [0.15, 0.2) is 53.4 Å². The molecule has 0 fully saturated rings. The monoisotopic (exact) mass is 459 g/mol. The van der Waals surface area contributed by atoms with Gasteiger partial charge in [-0.05, 0) is 24.3 Å². The first kappa shape index (κ1) is 21.1. The van der Waals surface area contributed by atoms with Crippen LogP contribution in [0.5, 0.6) is 11.5 Å². The SMILES string of the molecule is COc1ccc(S(=O)(=O)Nc2nc3c(s2)CN(C(=O)c2ccccc2)CC3)cc1OC. The number of carbonyl (C=O) groups excluding carboxylic acids is 1. The van der Waals surface area contributed by atoms with Crippen molar-refractivity contribution in [2.24, 2.45) is 0 Å². The fourth-order valence-corrected chi connectivity index (χ4v) is 5.61. The van der Waals surface area contributed by atoms with E-state index in [1.807, 2.05) is 18.2 Å². The first-order valence-corrected chi connectivity index (χ1v) is 11.8. The fraction of sp³-hybridized carbons (Fsp3) is 0.238. The molecule has 2 heterocycles. The molecule has 10 heteroatoms. The maximum absolute atomic E-state index is 12.8. The van der Waals surface area contributed by atoms with Gasteiger partial charge in [-0.25, -0.2) is 13.4 Å². The number of nitrogens with zero attached hydrogens (tertiary/aromatic N) is 2. The number of fused-ring (bicyclic) bond motifs is 1. The van der Waals surface area contributed by atoms with Gasteiger partial charge in [0.05, 0.1) is 31.4 Å². The van der Waals surface area contributed by atoms with Crippen LogP contribution in [0.2, 0.25) is 0 Å². The van der Waals surface area contributed by atoms with Crippen LogP contribution < -0.4 is 14.2 Å². The molecule has 0 aliphatic carbocycles. The number of hydrogen-bond acceptors (Lipinski definition) is 7. The molecule has 3 aromatic rings. The number of ether oxygens (including phenoxy) is 2. The van der Waals surface area contributed by atoms with Gasteiger partial charge >= 0.3 is 0 Å². The molecule has 1 aliphatic rings. The summed E-state index contributed by atoms with van der Waals surface area (Å²) in [4.78, 5) is 19.8. The summed E-state index contributed by atoms with van der Waals surface area (Å²) >= 11 is 1.24. The second-order valence-corrected chi connectivity index (χ2v) is 9.62. The molecule has 2 aromatic carbocycles. The Hall–Kier alpha value is -3.11. The van der Waals surface area contributed by atoms with E-state index in [9.17, 15) is 13.2 Å². The molecule has 0 saturated carbocycles. The number of rotatable bonds is 6. The molecule has 1 N–H and O–H groups in total. The molecular weight excluding hydrogens is 438 g/mol. The lowest BCUT2D eigenvalue weighted by Crippen LogP contribution is -2.35. The summed E-state index contributed by atoms with van der Waals surface area (Å²) in [5.41, 5.74) is 1.44. The van der Waals surface area contributed by atoms with Gasteiger partial charge in [-0.15, -0.1) is 0 Å². The Morgan fingerprint density at radius 3 is 2.55 bits per heavy atom. The van der Waals surface area contributed by atoms with Crippen molar-refractivity contribution in [2.75, 3.05) is 25.5 Å². The minimum Gasteiger partial charge on any atom is -0.493 e. The van der Waals surface area contributed by atoms with E-state index in [4.69, 9.17) is 9.47 Å². The molecule has 162 valence electrons. The van der Waals surface area contributed by atoms with Crippen LogP contribution in [-0.4, -0.2) is 45.0 Å². The number of nitrogens with one attached hydrogen (secondary N) is 1. The lowest BCUT2D eigenvalue weighted by molar-refractivity contribution is 0.0736. The zero-order valence-electron chi connectivity index (χ0n) is 17.0. The summed E-state index contributed by atoms with van der Waals surface area (Å²) in [6, 6.07) is 13.5. The molecule has 0 unspecified atom stereocenters. The standard InChI is InChI=1S/C21H21N3O5S2/c1-28-17-9-8-15(12-18(17)29-2)31(26,27)23-21-22-16-10-11-24(13-19(16)30-21)20(25)14-6-4-3-5-7-14/h3-9,12H,10-11,13H2,1-2H3,(H,22,23). The number of aromatic nitrogens is 1. The summed E-state index contributed by atoms with van der Waals surface area (Å²) < 4.78 is 38.6. The molecule has 0 saturated heterocycles. The maximum Gasteiger partial charge on any atom is 0.263 e.